The number of rotatable bonds is 2. The first kappa shape index (κ1) is 12.1. The lowest BCUT2D eigenvalue weighted by Gasteiger charge is -2.15. The van der Waals surface area contributed by atoms with Crippen LogP contribution in [0.15, 0.2) is 6.20 Å². The Morgan fingerprint density at radius 2 is 2.24 bits per heavy atom. The summed E-state index contributed by atoms with van der Waals surface area (Å²) in [6.45, 7) is 0.0458. The second kappa shape index (κ2) is 4.46. The van der Waals surface area contributed by atoms with Crippen LogP contribution >= 0.6 is 23.2 Å². The molecule has 6 nitrogen and oxygen atoms in total. The summed E-state index contributed by atoms with van der Waals surface area (Å²) in [4.78, 5) is 31.3. The fourth-order valence-electron chi connectivity index (χ4n) is 1.60. The summed E-state index contributed by atoms with van der Waals surface area (Å²) in [6.07, 6.45) is 1.19. The van der Waals surface area contributed by atoms with E-state index in [0.29, 0.717) is 0 Å². The Morgan fingerprint density at radius 1 is 1.53 bits per heavy atom. The van der Waals surface area contributed by atoms with Crippen molar-refractivity contribution < 1.29 is 14.7 Å². The fourth-order valence-corrected chi connectivity index (χ4v) is 2.02. The van der Waals surface area contributed by atoms with Crippen LogP contribution in [0.4, 0.5) is 5.82 Å². The molecule has 17 heavy (non-hydrogen) atoms. The van der Waals surface area contributed by atoms with Crippen LogP contribution in [-0.2, 0) is 9.59 Å². The minimum absolute atomic E-state index is 0.0168. The van der Waals surface area contributed by atoms with E-state index in [1.165, 1.54) is 11.1 Å². The van der Waals surface area contributed by atoms with Crippen LogP contribution < -0.4 is 4.90 Å². The van der Waals surface area contributed by atoms with Crippen LogP contribution in [0.3, 0.4) is 0 Å². The number of carbonyl (C=O) groups is 2. The monoisotopic (exact) mass is 275 g/mol. The number of carbonyl (C=O) groups excluding carboxylic acids is 1. The van der Waals surface area contributed by atoms with Gasteiger partial charge in [0.05, 0.1) is 12.1 Å². The van der Waals surface area contributed by atoms with Crippen LogP contribution in [-0.4, -0.2) is 33.5 Å². The molecule has 2 rings (SSSR count). The quantitative estimate of drug-likeness (QED) is 0.878. The normalized spacial score (nSPS) is 19.8. The van der Waals surface area contributed by atoms with E-state index in [-0.39, 0.29) is 35.0 Å². The standard InChI is InChI=1S/C9H7Cl2N3O3/c10-5-2-12-8(7(11)13-5)14-3-4(9(16)17)1-6(14)15/h2,4H,1,3H2,(H,16,17). The minimum Gasteiger partial charge on any atom is -0.481 e. The van der Waals surface area contributed by atoms with Crippen molar-refractivity contribution in [1.82, 2.24) is 9.97 Å². The van der Waals surface area contributed by atoms with E-state index in [9.17, 15) is 9.59 Å². The number of aromatic nitrogens is 2. The van der Waals surface area contributed by atoms with Crippen molar-refractivity contribution in [2.45, 2.75) is 6.42 Å². The molecule has 1 N–H and O–H groups in total. The molecule has 0 aliphatic carbocycles. The highest BCUT2D eigenvalue weighted by Gasteiger charge is 2.36. The van der Waals surface area contributed by atoms with Gasteiger partial charge < -0.3 is 5.11 Å². The summed E-state index contributed by atoms with van der Waals surface area (Å²) in [5.74, 6) is -1.95. The number of amides is 1. The zero-order valence-corrected chi connectivity index (χ0v) is 9.94. The number of nitrogens with zero attached hydrogens (tertiary/aromatic N) is 3. The van der Waals surface area contributed by atoms with Crippen LogP contribution in [0.5, 0.6) is 0 Å². The van der Waals surface area contributed by atoms with Gasteiger partial charge in [-0.2, -0.15) is 0 Å². The molecular weight excluding hydrogens is 269 g/mol. The van der Waals surface area contributed by atoms with Crippen molar-refractivity contribution in [2.75, 3.05) is 11.4 Å². The molecule has 1 saturated heterocycles. The molecule has 1 aliphatic rings. The van der Waals surface area contributed by atoms with Gasteiger partial charge in [0.25, 0.3) is 0 Å². The Kier molecular flexibility index (Phi) is 3.17. The predicted octanol–water partition coefficient (Wildman–Crippen LogP) is 1.22. The molecule has 0 spiro atoms. The maximum absolute atomic E-state index is 11.6. The average molecular weight is 276 g/mol. The minimum atomic E-state index is -1.01. The number of carboxylic acid groups (broad SMARTS) is 1. The molecule has 1 aromatic rings. The van der Waals surface area contributed by atoms with Gasteiger partial charge in [-0.05, 0) is 0 Å². The molecule has 2 heterocycles. The number of hydrogen-bond donors (Lipinski definition) is 1. The summed E-state index contributed by atoms with van der Waals surface area (Å²) in [5.41, 5.74) is 0. The highest BCUT2D eigenvalue weighted by molar-refractivity contribution is 6.34. The maximum Gasteiger partial charge on any atom is 0.308 e. The third kappa shape index (κ3) is 2.32. The SMILES string of the molecule is O=C(O)C1CC(=O)N(c2ncc(Cl)nc2Cl)C1. The molecule has 0 aromatic carbocycles. The molecule has 0 radical (unpaired) electrons. The highest BCUT2D eigenvalue weighted by Crippen LogP contribution is 2.28. The van der Waals surface area contributed by atoms with Crippen molar-refractivity contribution in [3.8, 4) is 0 Å². The van der Waals surface area contributed by atoms with Crippen molar-refractivity contribution >= 4 is 40.9 Å². The summed E-state index contributed by atoms with van der Waals surface area (Å²) < 4.78 is 0. The summed E-state index contributed by atoms with van der Waals surface area (Å²) in [6, 6.07) is 0. The third-order valence-electron chi connectivity index (χ3n) is 2.41. The first-order valence-corrected chi connectivity index (χ1v) is 5.46. The first-order valence-electron chi connectivity index (χ1n) is 4.70. The summed E-state index contributed by atoms with van der Waals surface area (Å²) >= 11 is 11.4. The van der Waals surface area contributed by atoms with E-state index in [1.807, 2.05) is 0 Å². The van der Waals surface area contributed by atoms with Gasteiger partial charge in [-0.25, -0.2) is 9.97 Å². The molecule has 1 amide bonds. The molecule has 0 saturated carbocycles. The molecule has 1 unspecified atom stereocenters. The van der Waals surface area contributed by atoms with Crippen molar-refractivity contribution in [3.05, 3.63) is 16.5 Å². The number of aliphatic carboxylic acids is 1. The van der Waals surface area contributed by atoms with Crippen molar-refractivity contribution in [1.29, 1.82) is 0 Å². The molecule has 90 valence electrons. The largest absolute Gasteiger partial charge is 0.481 e. The van der Waals surface area contributed by atoms with Gasteiger partial charge in [0.15, 0.2) is 11.0 Å². The Bertz CT molecular complexity index is 494. The second-order valence-electron chi connectivity index (χ2n) is 3.55. The van der Waals surface area contributed by atoms with Crippen LogP contribution in [0.2, 0.25) is 10.3 Å². The van der Waals surface area contributed by atoms with E-state index in [0.717, 1.165) is 0 Å². The summed E-state index contributed by atoms with van der Waals surface area (Å²) in [7, 11) is 0. The Hall–Kier alpha value is -1.40. The topological polar surface area (TPSA) is 83.4 Å². The Balaban J connectivity index is 2.29. The van der Waals surface area contributed by atoms with E-state index in [2.05, 4.69) is 9.97 Å². The van der Waals surface area contributed by atoms with Crippen LogP contribution in [0.25, 0.3) is 0 Å². The molecule has 1 atom stereocenters. The molecular formula is C9H7Cl2N3O3. The van der Waals surface area contributed by atoms with Gasteiger partial charge >= 0.3 is 5.97 Å². The van der Waals surface area contributed by atoms with E-state index >= 15 is 0 Å². The zero-order valence-electron chi connectivity index (χ0n) is 8.43. The van der Waals surface area contributed by atoms with E-state index in [4.69, 9.17) is 28.3 Å². The summed E-state index contributed by atoms with van der Waals surface area (Å²) in [5, 5.41) is 8.93. The first-order chi connectivity index (χ1) is 7.99. The van der Waals surface area contributed by atoms with Gasteiger partial charge in [-0.1, -0.05) is 23.2 Å². The molecule has 1 fully saturated rings. The number of halogens is 2. The van der Waals surface area contributed by atoms with E-state index < -0.39 is 11.9 Å². The van der Waals surface area contributed by atoms with Crippen molar-refractivity contribution in [3.63, 3.8) is 0 Å². The zero-order chi connectivity index (χ0) is 12.6. The maximum atomic E-state index is 11.6. The average Bonchev–Trinajstić information content (AvgIpc) is 2.61. The molecule has 0 bridgehead atoms. The van der Waals surface area contributed by atoms with Gasteiger partial charge in [-0.3, -0.25) is 14.5 Å². The van der Waals surface area contributed by atoms with Crippen molar-refractivity contribution in [2.24, 2.45) is 5.92 Å². The van der Waals surface area contributed by atoms with Gasteiger partial charge in [0, 0.05) is 13.0 Å². The Morgan fingerprint density at radius 3 is 2.76 bits per heavy atom. The van der Waals surface area contributed by atoms with Gasteiger partial charge in [0.1, 0.15) is 5.15 Å². The predicted molar refractivity (Wildman–Crippen MR) is 60.1 cm³/mol. The van der Waals surface area contributed by atoms with Gasteiger partial charge in [0.2, 0.25) is 5.91 Å². The lowest BCUT2D eigenvalue weighted by atomic mass is 10.1. The molecule has 8 heteroatoms. The lowest BCUT2D eigenvalue weighted by molar-refractivity contribution is -0.141. The van der Waals surface area contributed by atoms with Crippen LogP contribution in [0, 0.1) is 5.92 Å². The molecule has 1 aromatic heterocycles. The number of hydrogen-bond acceptors (Lipinski definition) is 4. The van der Waals surface area contributed by atoms with Crippen LogP contribution in [0.1, 0.15) is 6.42 Å². The second-order valence-corrected chi connectivity index (χ2v) is 4.30. The number of carboxylic acids is 1. The molecule has 1 aliphatic heterocycles. The fraction of sp³-hybridized carbons (Fsp3) is 0.333. The lowest BCUT2D eigenvalue weighted by Crippen LogP contribution is -2.27. The highest BCUT2D eigenvalue weighted by atomic mass is 35.5. The number of anilines is 1. The Labute approximate surface area is 106 Å². The smallest absolute Gasteiger partial charge is 0.308 e. The third-order valence-corrected chi connectivity index (χ3v) is 2.85. The van der Waals surface area contributed by atoms with Gasteiger partial charge in [-0.15, -0.1) is 0 Å². The van der Waals surface area contributed by atoms with E-state index in [1.54, 1.807) is 0 Å².